The van der Waals surface area contributed by atoms with E-state index in [2.05, 4.69) is 20.4 Å². The predicted molar refractivity (Wildman–Crippen MR) is 107 cm³/mol. The van der Waals surface area contributed by atoms with Gasteiger partial charge in [-0.25, -0.2) is 23.4 Å². The largest absolute Gasteiger partial charge is 0.430 e. The lowest BCUT2D eigenvalue weighted by atomic mass is 9.85. The number of nitrogens with zero attached hydrogens (tertiary/aromatic N) is 6. The molecule has 0 saturated carbocycles. The highest BCUT2D eigenvalue weighted by Gasteiger charge is 2.52. The van der Waals surface area contributed by atoms with Crippen molar-refractivity contribution in [2.75, 3.05) is 31.1 Å². The van der Waals surface area contributed by atoms with Crippen molar-refractivity contribution in [1.29, 1.82) is 0 Å². The summed E-state index contributed by atoms with van der Waals surface area (Å²) in [5, 5.41) is 6.25. The van der Waals surface area contributed by atoms with E-state index in [1.807, 2.05) is 4.90 Å². The number of hydrogen-bond acceptors (Lipinski definition) is 6. The molecule has 2 aromatic rings. The number of carbonyl (C=O) groups excluding carboxylic acids is 1. The second kappa shape index (κ2) is 7.66. The van der Waals surface area contributed by atoms with Gasteiger partial charge in [-0.15, -0.1) is 0 Å². The van der Waals surface area contributed by atoms with Crippen molar-refractivity contribution < 1.29 is 26.7 Å². The molecule has 8 nitrogen and oxygen atoms in total. The second-order valence-corrected chi connectivity index (χ2v) is 8.40. The Hall–Kier alpha value is -3.25. The van der Waals surface area contributed by atoms with E-state index >= 15 is 0 Å². The van der Waals surface area contributed by atoms with Gasteiger partial charge < -0.3 is 15.1 Å². The van der Waals surface area contributed by atoms with Gasteiger partial charge >= 0.3 is 6.18 Å². The fourth-order valence-corrected chi connectivity index (χ4v) is 4.66. The number of dihydropyridines is 1. The zero-order valence-electron chi connectivity index (χ0n) is 17.3. The molecule has 13 heteroatoms. The topological polar surface area (TPSA) is 79.2 Å². The first-order chi connectivity index (χ1) is 15.7. The number of halogens is 5. The van der Waals surface area contributed by atoms with Crippen LogP contribution in [0.2, 0.25) is 0 Å². The molecule has 5 rings (SSSR count). The molecule has 1 amide bonds. The minimum atomic E-state index is -4.46. The first-order valence-electron chi connectivity index (χ1n) is 10.4. The molecule has 1 spiro atoms. The van der Waals surface area contributed by atoms with Gasteiger partial charge in [-0.3, -0.25) is 4.79 Å². The maximum Gasteiger partial charge on any atom is 0.430 e. The summed E-state index contributed by atoms with van der Waals surface area (Å²) in [6.07, 6.45) is -0.722. The first-order valence-corrected chi connectivity index (χ1v) is 10.4. The van der Waals surface area contributed by atoms with Gasteiger partial charge in [-0.1, -0.05) is 0 Å². The Morgan fingerprint density at radius 2 is 1.94 bits per heavy atom. The molecule has 0 aliphatic carbocycles. The fraction of sp³-hybridized carbons (Fsp3) is 0.500. The van der Waals surface area contributed by atoms with E-state index in [4.69, 9.17) is 0 Å². The number of anilines is 1. The van der Waals surface area contributed by atoms with Crippen LogP contribution in [0.3, 0.4) is 0 Å². The van der Waals surface area contributed by atoms with Crippen molar-refractivity contribution in [1.82, 2.24) is 30.0 Å². The molecular formula is C20H20F5N7O. The Labute approximate surface area is 184 Å². The summed E-state index contributed by atoms with van der Waals surface area (Å²) >= 11 is 0. The summed E-state index contributed by atoms with van der Waals surface area (Å²) in [6.45, 7) is 0.648. The van der Waals surface area contributed by atoms with E-state index < -0.39 is 30.3 Å². The van der Waals surface area contributed by atoms with Gasteiger partial charge in [0.15, 0.2) is 5.65 Å². The van der Waals surface area contributed by atoms with E-state index in [1.165, 1.54) is 18.5 Å². The summed E-state index contributed by atoms with van der Waals surface area (Å²) in [5.74, 6) is 0.344. The summed E-state index contributed by atoms with van der Waals surface area (Å²) in [6, 6.07) is 0. The Balaban J connectivity index is 1.33. The van der Waals surface area contributed by atoms with Gasteiger partial charge in [0, 0.05) is 25.3 Å². The molecule has 2 saturated heterocycles. The van der Waals surface area contributed by atoms with E-state index in [-0.39, 0.29) is 18.1 Å². The van der Waals surface area contributed by atoms with Crippen LogP contribution in [0.4, 0.5) is 27.8 Å². The monoisotopic (exact) mass is 469 g/mol. The normalized spacial score (nSPS) is 23.6. The summed E-state index contributed by atoms with van der Waals surface area (Å²) < 4.78 is 65.2. The highest BCUT2D eigenvalue weighted by molar-refractivity contribution is 5.88. The van der Waals surface area contributed by atoms with Crippen molar-refractivity contribution >= 4 is 22.9 Å². The Bertz CT molecular complexity index is 1160. The molecule has 1 N–H and O–H groups in total. The van der Waals surface area contributed by atoms with Gasteiger partial charge in [0.05, 0.1) is 24.4 Å². The molecule has 2 aromatic heterocycles. The molecule has 1 unspecified atom stereocenters. The zero-order chi connectivity index (χ0) is 23.4. The summed E-state index contributed by atoms with van der Waals surface area (Å²) in [5.41, 5.74) is -0.354. The lowest BCUT2D eigenvalue weighted by Crippen LogP contribution is -2.40. The van der Waals surface area contributed by atoms with E-state index in [0.29, 0.717) is 49.5 Å². The van der Waals surface area contributed by atoms with E-state index in [0.717, 1.165) is 10.8 Å². The van der Waals surface area contributed by atoms with Crippen molar-refractivity contribution in [3.8, 4) is 0 Å². The Morgan fingerprint density at radius 3 is 2.64 bits per heavy atom. The highest BCUT2D eigenvalue weighted by Crippen LogP contribution is 2.43. The maximum absolute atomic E-state index is 13.3. The van der Waals surface area contributed by atoms with Crippen LogP contribution in [0.15, 0.2) is 35.9 Å². The van der Waals surface area contributed by atoms with Crippen LogP contribution in [0, 0.1) is 5.41 Å². The zero-order valence-corrected chi connectivity index (χ0v) is 17.3. The number of allylic oxidation sites excluding steroid dienone is 3. The average molecular weight is 469 g/mol. The lowest BCUT2D eigenvalue weighted by molar-refractivity contribution is -0.133. The number of amides is 1. The minimum absolute atomic E-state index is 0.0762. The van der Waals surface area contributed by atoms with Crippen molar-refractivity contribution in [3.05, 3.63) is 35.9 Å². The molecule has 5 heterocycles. The van der Waals surface area contributed by atoms with Crippen LogP contribution in [-0.2, 0) is 11.3 Å². The van der Waals surface area contributed by atoms with Crippen LogP contribution >= 0.6 is 0 Å². The van der Waals surface area contributed by atoms with Crippen LogP contribution in [0.5, 0.6) is 0 Å². The van der Waals surface area contributed by atoms with Crippen LogP contribution in [-0.4, -0.2) is 69.3 Å². The number of likely N-dealkylation sites (tertiary alicyclic amines) is 1. The van der Waals surface area contributed by atoms with Crippen LogP contribution in [0.25, 0.3) is 11.2 Å². The van der Waals surface area contributed by atoms with Crippen molar-refractivity contribution in [2.24, 2.45) is 5.41 Å². The quantitative estimate of drug-likeness (QED) is 0.694. The molecular weight excluding hydrogens is 449 g/mol. The number of hydrogen-bond donors (Lipinski definition) is 1. The van der Waals surface area contributed by atoms with Gasteiger partial charge in [-0.05, 0) is 25.0 Å². The number of nitrogens with one attached hydrogen (secondary N) is 1. The Morgan fingerprint density at radius 1 is 1.15 bits per heavy atom. The minimum Gasteiger partial charge on any atom is -0.375 e. The molecule has 33 heavy (non-hydrogen) atoms. The summed E-state index contributed by atoms with van der Waals surface area (Å²) in [4.78, 5) is 25.4. The van der Waals surface area contributed by atoms with Crippen molar-refractivity contribution in [3.63, 3.8) is 0 Å². The lowest BCUT2D eigenvalue weighted by Gasteiger charge is -2.27. The van der Waals surface area contributed by atoms with Gasteiger partial charge in [-0.2, -0.15) is 18.3 Å². The smallest absolute Gasteiger partial charge is 0.375 e. The molecule has 0 aromatic carbocycles. The van der Waals surface area contributed by atoms with Crippen molar-refractivity contribution in [2.45, 2.75) is 32.0 Å². The number of rotatable bonds is 4. The fourth-order valence-electron chi connectivity index (χ4n) is 4.66. The average Bonchev–Trinajstić information content (AvgIpc) is 3.46. The summed E-state index contributed by atoms with van der Waals surface area (Å²) in [7, 11) is 0. The molecule has 2 fully saturated rings. The number of alkyl halides is 5. The number of fused-ring (bicyclic) bond motifs is 1. The predicted octanol–water partition coefficient (Wildman–Crippen LogP) is 2.45. The molecule has 1 atom stereocenters. The number of aromatic nitrogens is 4. The maximum atomic E-state index is 13.3. The third-order valence-corrected chi connectivity index (χ3v) is 6.39. The number of carbonyl (C=O) groups is 1. The third-order valence-electron chi connectivity index (χ3n) is 6.39. The second-order valence-electron chi connectivity index (χ2n) is 8.40. The molecule has 0 radical (unpaired) electrons. The van der Waals surface area contributed by atoms with Crippen LogP contribution < -0.4 is 10.2 Å². The van der Waals surface area contributed by atoms with E-state index in [9.17, 15) is 26.7 Å². The molecule has 3 aliphatic heterocycles. The van der Waals surface area contributed by atoms with Gasteiger partial charge in [0.2, 0.25) is 5.91 Å². The Kier molecular flexibility index (Phi) is 5.01. The van der Waals surface area contributed by atoms with Crippen LogP contribution in [0.1, 0.15) is 12.8 Å². The van der Waals surface area contributed by atoms with Gasteiger partial charge in [0.1, 0.15) is 23.6 Å². The standard InChI is InChI=1S/C20H20F5N7O/c21-15(22)10-32-17-13(8-28-32)26-9-16(29-17)30-5-3-19(11-30)4-6-31(18(19)33)12-1-2-14(27-7-12)20(23,24)25/h1-2,8-9,15,27H,3-7,10-11H2. The molecule has 176 valence electrons. The highest BCUT2D eigenvalue weighted by atomic mass is 19.4. The molecule has 0 bridgehead atoms. The van der Waals surface area contributed by atoms with Gasteiger partial charge in [0.25, 0.3) is 6.43 Å². The molecule has 3 aliphatic rings. The SMILES string of the molecule is O=C1N(C2=CC=C(C(F)(F)F)NC2)CCC12CCN(c1cnc3cnn(CC(F)F)c3n1)C2. The van der Waals surface area contributed by atoms with E-state index in [1.54, 1.807) is 4.90 Å². The first kappa shape index (κ1) is 21.6. The third kappa shape index (κ3) is 3.78.